The zero-order chi connectivity index (χ0) is 13.7. The summed E-state index contributed by atoms with van der Waals surface area (Å²) in [6, 6.07) is 0. The molecule has 0 saturated heterocycles. The second-order valence-electron chi connectivity index (χ2n) is 5.26. The number of hydrogen-bond donors (Lipinski definition) is 1. The number of rotatable bonds is 5. The Hall–Kier alpha value is -1.35. The maximum absolute atomic E-state index is 11.7. The Balaban J connectivity index is 1.47. The molecule has 0 aromatic carbocycles. The summed E-state index contributed by atoms with van der Waals surface area (Å²) in [6.07, 6.45) is -0.464. The SMILES string of the molecule is NC12CC(n3cc(OCCOC(F)(F)F)nn3)(C1)C2. The molecule has 19 heavy (non-hydrogen) atoms. The summed E-state index contributed by atoms with van der Waals surface area (Å²) >= 11 is 0. The molecule has 1 heterocycles. The van der Waals surface area contributed by atoms with Gasteiger partial charge in [-0.3, -0.25) is 4.74 Å². The Bertz CT molecular complexity index is 468. The minimum Gasteiger partial charge on any atom is -0.473 e. The summed E-state index contributed by atoms with van der Waals surface area (Å²) in [6.45, 7) is -0.806. The summed E-state index contributed by atoms with van der Waals surface area (Å²) in [5, 5.41) is 7.69. The number of nitrogens with zero attached hydrogens (tertiary/aromatic N) is 3. The second kappa shape index (κ2) is 3.83. The zero-order valence-electron chi connectivity index (χ0n) is 9.98. The van der Waals surface area contributed by atoms with Crippen molar-refractivity contribution in [2.45, 2.75) is 36.7 Å². The molecule has 0 amide bonds. The molecule has 2 N–H and O–H groups in total. The first-order chi connectivity index (χ1) is 8.80. The van der Waals surface area contributed by atoms with Gasteiger partial charge >= 0.3 is 6.36 Å². The Kier molecular flexibility index (Phi) is 2.55. The highest BCUT2D eigenvalue weighted by atomic mass is 19.4. The van der Waals surface area contributed by atoms with Crippen molar-refractivity contribution in [2.24, 2.45) is 5.73 Å². The van der Waals surface area contributed by atoms with E-state index in [1.165, 1.54) is 0 Å². The van der Waals surface area contributed by atoms with E-state index >= 15 is 0 Å². The molecule has 6 nitrogen and oxygen atoms in total. The molecule has 106 valence electrons. The largest absolute Gasteiger partial charge is 0.522 e. The number of aromatic nitrogens is 3. The summed E-state index contributed by atoms with van der Waals surface area (Å²) in [5.41, 5.74) is 5.84. The van der Waals surface area contributed by atoms with Crippen molar-refractivity contribution < 1.29 is 22.6 Å². The molecule has 1 aromatic heterocycles. The van der Waals surface area contributed by atoms with E-state index in [0.717, 1.165) is 19.3 Å². The van der Waals surface area contributed by atoms with Crippen LogP contribution in [-0.2, 0) is 10.3 Å². The van der Waals surface area contributed by atoms with Crippen LogP contribution in [0, 0.1) is 0 Å². The molecule has 3 aliphatic carbocycles. The lowest BCUT2D eigenvalue weighted by molar-refractivity contribution is -0.325. The number of nitrogens with two attached hydrogens (primary N) is 1. The number of alkyl halides is 3. The zero-order valence-corrected chi connectivity index (χ0v) is 9.98. The monoisotopic (exact) mass is 278 g/mol. The van der Waals surface area contributed by atoms with Gasteiger partial charge in [-0.1, -0.05) is 10.3 Å². The van der Waals surface area contributed by atoms with Gasteiger partial charge in [0.25, 0.3) is 5.88 Å². The van der Waals surface area contributed by atoms with Crippen molar-refractivity contribution in [3.63, 3.8) is 0 Å². The van der Waals surface area contributed by atoms with Gasteiger partial charge in [0, 0.05) is 5.54 Å². The van der Waals surface area contributed by atoms with Crippen LogP contribution >= 0.6 is 0 Å². The maximum atomic E-state index is 11.7. The van der Waals surface area contributed by atoms with Crippen molar-refractivity contribution in [3.8, 4) is 5.88 Å². The Morgan fingerprint density at radius 2 is 2.00 bits per heavy atom. The van der Waals surface area contributed by atoms with Gasteiger partial charge in [0.05, 0.1) is 18.3 Å². The normalized spacial score (nSPS) is 32.6. The third kappa shape index (κ3) is 2.27. The summed E-state index contributed by atoms with van der Waals surface area (Å²) in [7, 11) is 0. The lowest BCUT2D eigenvalue weighted by Gasteiger charge is -2.68. The molecule has 0 aliphatic heterocycles. The van der Waals surface area contributed by atoms with Gasteiger partial charge in [0.1, 0.15) is 6.61 Å². The molecule has 9 heteroatoms. The fourth-order valence-electron chi connectivity index (χ4n) is 2.90. The van der Waals surface area contributed by atoms with Gasteiger partial charge in [0.2, 0.25) is 0 Å². The van der Waals surface area contributed by atoms with E-state index in [1.807, 2.05) is 0 Å². The molecule has 1 aromatic rings. The standard InChI is InChI=1S/C10H13F3N4O2/c11-10(12,13)19-2-1-18-7-3-17(16-15-7)9-4-8(14,5-9)6-9/h3H,1-2,4-6,14H2. The van der Waals surface area contributed by atoms with Gasteiger partial charge in [-0.25, -0.2) is 4.68 Å². The third-order valence-electron chi connectivity index (χ3n) is 3.60. The quantitative estimate of drug-likeness (QED) is 0.806. The van der Waals surface area contributed by atoms with E-state index in [9.17, 15) is 13.2 Å². The number of ether oxygens (including phenoxy) is 2. The molecule has 4 rings (SSSR count). The predicted molar refractivity (Wildman–Crippen MR) is 56.3 cm³/mol. The van der Waals surface area contributed by atoms with Crippen molar-refractivity contribution in [1.82, 2.24) is 15.0 Å². The Morgan fingerprint density at radius 3 is 2.58 bits per heavy atom. The average Bonchev–Trinajstić information content (AvgIpc) is 2.66. The number of hydrogen-bond acceptors (Lipinski definition) is 5. The minimum atomic E-state index is -4.64. The molecule has 3 fully saturated rings. The molecule has 0 radical (unpaired) electrons. The smallest absolute Gasteiger partial charge is 0.473 e. The fourth-order valence-corrected chi connectivity index (χ4v) is 2.90. The van der Waals surface area contributed by atoms with Crippen molar-refractivity contribution in [2.75, 3.05) is 13.2 Å². The average molecular weight is 278 g/mol. The lowest BCUT2D eigenvalue weighted by Crippen LogP contribution is -2.76. The number of halogens is 3. The molecular weight excluding hydrogens is 265 g/mol. The maximum Gasteiger partial charge on any atom is 0.522 e. The van der Waals surface area contributed by atoms with Gasteiger partial charge in [-0.2, -0.15) is 0 Å². The first-order valence-electron chi connectivity index (χ1n) is 5.86. The first kappa shape index (κ1) is 12.7. The van der Waals surface area contributed by atoms with Gasteiger partial charge < -0.3 is 10.5 Å². The minimum absolute atomic E-state index is 0.0481. The van der Waals surface area contributed by atoms with Crippen LogP contribution in [0.1, 0.15) is 19.3 Å². The van der Waals surface area contributed by atoms with E-state index < -0.39 is 13.0 Å². The van der Waals surface area contributed by atoms with Crippen LogP contribution in [0.4, 0.5) is 13.2 Å². The van der Waals surface area contributed by atoms with Crippen LogP contribution in [0.15, 0.2) is 6.20 Å². The Labute approximate surface area is 106 Å². The van der Waals surface area contributed by atoms with Crippen molar-refractivity contribution in [3.05, 3.63) is 6.20 Å². The van der Waals surface area contributed by atoms with Gasteiger partial charge in [-0.05, 0) is 19.3 Å². The van der Waals surface area contributed by atoms with Crippen molar-refractivity contribution in [1.29, 1.82) is 0 Å². The summed E-state index contributed by atoms with van der Waals surface area (Å²) < 4.78 is 45.5. The van der Waals surface area contributed by atoms with E-state index in [2.05, 4.69) is 15.0 Å². The molecule has 2 bridgehead atoms. The van der Waals surface area contributed by atoms with Crippen LogP contribution in [-0.4, -0.2) is 40.1 Å². The predicted octanol–water partition coefficient (Wildman–Crippen LogP) is 0.784. The second-order valence-corrected chi connectivity index (χ2v) is 5.26. The van der Waals surface area contributed by atoms with Crippen LogP contribution in [0.25, 0.3) is 0 Å². The van der Waals surface area contributed by atoms with E-state index in [1.54, 1.807) is 10.9 Å². The Morgan fingerprint density at radius 1 is 1.32 bits per heavy atom. The molecule has 0 spiro atoms. The fraction of sp³-hybridized carbons (Fsp3) is 0.800. The third-order valence-corrected chi connectivity index (χ3v) is 3.60. The molecule has 3 saturated carbocycles. The van der Waals surface area contributed by atoms with Crippen LogP contribution in [0.3, 0.4) is 0 Å². The van der Waals surface area contributed by atoms with E-state index in [4.69, 9.17) is 10.5 Å². The highest BCUT2D eigenvalue weighted by Crippen LogP contribution is 2.63. The van der Waals surface area contributed by atoms with Crippen LogP contribution in [0.2, 0.25) is 0 Å². The molecular formula is C10H13F3N4O2. The highest BCUT2D eigenvalue weighted by Gasteiger charge is 2.67. The van der Waals surface area contributed by atoms with Gasteiger partial charge in [0.15, 0.2) is 0 Å². The van der Waals surface area contributed by atoms with Crippen LogP contribution < -0.4 is 10.5 Å². The summed E-state index contributed by atoms with van der Waals surface area (Å²) in [5.74, 6) is 0.196. The molecule has 0 unspecified atom stereocenters. The van der Waals surface area contributed by atoms with E-state index in [0.29, 0.717) is 0 Å². The van der Waals surface area contributed by atoms with Gasteiger partial charge in [-0.15, -0.1) is 13.2 Å². The topological polar surface area (TPSA) is 75.2 Å². The highest BCUT2D eigenvalue weighted by molar-refractivity contribution is 5.25. The summed E-state index contributed by atoms with van der Waals surface area (Å²) in [4.78, 5) is 0. The molecule has 3 aliphatic rings. The first-order valence-corrected chi connectivity index (χ1v) is 5.86. The van der Waals surface area contributed by atoms with E-state index in [-0.39, 0.29) is 23.6 Å². The van der Waals surface area contributed by atoms with Crippen LogP contribution in [0.5, 0.6) is 5.88 Å². The molecule has 0 atom stereocenters. The lowest BCUT2D eigenvalue weighted by atomic mass is 9.45. The van der Waals surface area contributed by atoms with Crippen molar-refractivity contribution >= 4 is 0 Å².